The minimum absolute atomic E-state index is 0.117. The van der Waals surface area contributed by atoms with Crippen LogP contribution in [0.4, 0.5) is 0 Å². The first-order valence-corrected chi connectivity index (χ1v) is 6.48. The molecule has 1 aromatic carbocycles. The van der Waals surface area contributed by atoms with E-state index in [0.717, 1.165) is 29.9 Å². The van der Waals surface area contributed by atoms with Crippen molar-refractivity contribution in [2.24, 2.45) is 5.92 Å². The van der Waals surface area contributed by atoms with Gasteiger partial charge < -0.3 is 14.6 Å². The molecule has 4 nitrogen and oxygen atoms in total. The van der Waals surface area contributed by atoms with Gasteiger partial charge in [-0.15, -0.1) is 0 Å². The van der Waals surface area contributed by atoms with Crippen LogP contribution in [-0.2, 0) is 11.2 Å². The van der Waals surface area contributed by atoms with Gasteiger partial charge in [-0.25, -0.2) is 4.79 Å². The van der Waals surface area contributed by atoms with Crippen molar-refractivity contribution in [2.75, 3.05) is 13.2 Å². The highest BCUT2D eigenvalue weighted by Gasteiger charge is 2.18. The molecular formula is C15H18O4. The molecule has 0 fully saturated rings. The average molecular weight is 262 g/mol. The number of carboxylic acids is 1. The highest BCUT2D eigenvalue weighted by molar-refractivity contribution is 5.79. The van der Waals surface area contributed by atoms with Gasteiger partial charge in [0.15, 0.2) is 0 Å². The van der Waals surface area contributed by atoms with E-state index in [4.69, 9.17) is 14.6 Å². The Balaban J connectivity index is 2.03. The topological polar surface area (TPSA) is 55.8 Å². The zero-order valence-electron chi connectivity index (χ0n) is 11.0. The quantitative estimate of drug-likeness (QED) is 0.829. The Bertz CT molecular complexity index is 479. The third-order valence-corrected chi connectivity index (χ3v) is 2.96. The second kappa shape index (κ2) is 6.27. The van der Waals surface area contributed by atoms with Crippen LogP contribution in [0.2, 0.25) is 0 Å². The van der Waals surface area contributed by atoms with Crippen LogP contribution >= 0.6 is 0 Å². The van der Waals surface area contributed by atoms with Gasteiger partial charge in [0.25, 0.3) is 0 Å². The van der Waals surface area contributed by atoms with Crippen LogP contribution < -0.4 is 9.47 Å². The fraction of sp³-hybridized carbons (Fsp3) is 0.400. The van der Waals surface area contributed by atoms with Gasteiger partial charge in [-0.1, -0.05) is 19.1 Å². The van der Waals surface area contributed by atoms with Crippen LogP contribution in [0.1, 0.15) is 18.9 Å². The zero-order chi connectivity index (χ0) is 13.7. The summed E-state index contributed by atoms with van der Waals surface area (Å²) in [5.41, 5.74) is 1.09. The van der Waals surface area contributed by atoms with Crippen LogP contribution in [0.5, 0.6) is 11.5 Å². The number of hydrogen-bond donors (Lipinski definition) is 1. The van der Waals surface area contributed by atoms with Crippen molar-refractivity contribution in [3.8, 4) is 11.5 Å². The van der Waals surface area contributed by atoms with E-state index in [-0.39, 0.29) is 5.92 Å². The summed E-state index contributed by atoms with van der Waals surface area (Å²) in [4.78, 5) is 10.5. The Morgan fingerprint density at radius 2 is 2.42 bits per heavy atom. The smallest absolute Gasteiger partial charge is 0.327 e. The van der Waals surface area contributed by atoms with E-state index in [0.29, 0.717) is 13.2 Å². The molecule has 2 rings (SSSR count). The van der Waals surface area contributed by atoms with E-state index in [1.54, 1.807) is 6.08 Å². The van der Waals surface area contributed by atoms with E-state index in [2.05, 4.69) is 6.92 Å². The first kappa shape index (κ1) is 13.5. The third kappa shape index (κ3) is 3.74. The van der Waals surface area contributed by atoms with Gasteiger partial charge in [0.1, 0.15) is 11.5 Å². The van der Waals surface area contributed by atoms with E-state index < -0.39 is 5.97 Å². The fourth-order valence-corrected chi connectivity index (χ4v) is 2.03. The first-order chi connectivity index (χ1) is 9.19. The second-order valence-electron chi connectivity index (χ2n) is 4.59. The molecular weight excluding hydrogens is 244 g/mol. The minimum atomic E-state index is -0.922. The summed E-state index contributed by atoms with van der Waals surface area (Å²) in [6, 6.07) is 5.82. The van der Waals surface area contributed by atoms with Gasteiger partial charge in [0.2, 0.25) is 0 Å². The first-order valence-electron chi connectivity index (χ1n) is 6.48. The molecule has 4 heteroatoms. The monoisotopic (exact) mass is 262 g/mol. The van der Waals surface area contributed by atoms with Crippen molar-refractivity contribution in [1.29, 1.82) is 0 Å². The predicted octanol–water partition coefficient (Wildman–Crippen LogP) is 2.67. The highest BCUT2D eigenvalue weighted by Crippen LogP contribution is 2.31. The Labute approximate surface area is 112 Å². The molecule has 0 spiro atoms. The molecule has 0 amide bonds. The van der Waals surface area contributed by atoms with Gasteiger partial charge in [-0.05, 0) is 24.5 Å². The highest BCUT2D eigenvalue weighted by atomic mass is 16.5. The number of benzene rings is 1. The van der Waals surface area contributed by atoms with Crippen LogP contribution in [0, 0.1) is 5.92 Å². The van der Waals surface area contributed by atoms with Crippen molar-refractivity contribution in [3.63, 3.8) is 0 Å². The largest absolute Gasteiger partial charge is 0.493 e. The summed E-state index contributed by atoms with van der Waals surface area (Å²) < 4.78 is 11.2. The molecule has 0 radical (unpaired) electrons. The van der Waals surface area contributed by atoms with Crippen molar-refractivity contribution in [1.82, 2.24) is 0 Å². The molecule has 1 aliphatic rings. The minimum Gasteiger partial charge on any atom is -0.493 e. The summed E-state index contributed by atoms with van der Waals surface area (Å²) in [6.07, 6.45) is 4.64. The van der Waals surface area contributed by atoms with Gasteiger partial charge in [-0.2, -0.15) is 0 Å². The molecule has 102 valence electrons. The van der Waals surface area contributed by atoms with Crippen molar-refractivity contribution < 1.29 is 19.4 Å². The van der Waals surface area contributed by atoms with Gasteiger partial charge in [-0.3, -0.25) is 0 Å². The van der Waals surface area contributed by atoms with Gasteiger partial charge >= 0.3 is 5.97 Å². The number of carbonyl (C=O) groups is 1. The maximum atomic E-state index is 10.5. The fourth-order valence-electron chi connectivity index (χ4n) is 2.03. The maximum absolute atomic E-state index is 10.5. The normalized spacial score (nSPS) is 17.8. The lowest BCUT2D eigenvalue weighted by Gasteiger charge is -2.23. The molecule has 1 aromatic rings. The molecule has 1 atom stereocenters. The summed E-state index contributed by atoms with van der Waals surface area (Å²) >= 11 is 0. The van der Waals surface area contributed by atoms with Crippen LogP contribution in [0.25, 0.3) is 0 Å². The third-order valence-electron chi connectivity index (χ3n) is 2.96. The number of hydrogen-bond acceptors (Lipinski definition) is 3. The number of carboxylic acid groups (broad SMARTS) is 1. The van der Waals surface area contributed by atoms with Crippen LogP contribution in [0.3, 0.4) is 0 Å². The van der Waals surface area contributed by atoms with Crippen LogP contribution in [0.15, 0.2) is 30.4 Å². The van der Waals surface area contributed by atoms with Crippen molar-refractivity contribution in [2.45, 2.75) is 19.8 Å². The molecule has 0 bridgehead atoms. The molecule has 1 heterocycles. The Kier molecular flexibility index (Phi) is 4.44. The molecule has 0 aromatic heterocycles. The molecule has 0 aliphatic carbocycles. The lowest BCUT2D eigenvalue weighted by molar-refractivity contribution is -0.131. The van der Waals surface area contributed by atoms with Crippen molar-refractivity contribution in [3.05, 3.63) is 35.9 Å². The number of rotatable bonds is 5. The lowest BCUT2D eigenvalue weighted by atomic mass is 9.96. The summed E-state index contributed by atoms with van der Waals surface area (Å²) in [7, 11) is 0. The summed E-state index contributed by atoms with van der Waals surface area (Å²) in [5, 5.41) is 8.61. The Morgan fingerprint density at radius 1 is 1.58 bits per heavy atom. The van der Waals surface area contributed by atoms with Gasteiger partial charge in [0.05, 0.1) is 13.2 Å². The van der Waals surface area contributed by atoms with Crippen molar-refractivity contribution >= 4 is 5.97 Å². The van der Waals surface area contributed by atoms with Crippen LogP contribution in [-0.4, -0.2) is 24.3 Å². The predicted molar refractivity (Wildman–Crippen MR) is 71.7 cm³/mol. The summed E-state index contributed by atoms with van der Waals surface area (Å²) in [5.74, 6) is 0.855. The van der Waals surface area contributed by atoms with E-state index >= 15 is 0 Å². The maximum Gasteiger partial charge on any atom is 0.327 e. The number of fused-ring (bicyclic) bond motifs is 1. The van der Waals surface area contributed by atoms with E-state index in [1.807, 2.05) is 18.2 Å². The SMILES string of the molecule is CCCOc1ccc2c(c1)OCC(C=CC(=O)O)C2. The van der Waals surface area contributed by atoms with E-state index in [9.17, 15) is 4.79 Å². The molecule has 1 unspecified atom stereocenters. The molecule has 1 aliphatic heterocycles. The zero-order valence-corrected chi connectivity index (χ0v) is 11.0. The molecule has 0 saturated carbocycles. The van der Waals surface area contributed by atoms with Gasteiger partial charge in [0, 0.05) is 18.1 Å². The Morgan fingerprint density at radius 3 is 3.16 bits per heavy atom. The standard InChI is InChI=1S/C15H18O4/c1-2-7-18-13-5-4-12-8-11(3-6-15(16)17)10-19-14(12)9-13/h3-6,9,11H,2,7-8,10H2,1H3,(H,16,17). The lowest BCUT2D eigenvalue weighted by Crippen LogP contribution is -2.19. The Hall–Kier alpha value is -1.97. The molecule has 19 heavy (non-hydrogen) atoms. The summed E-state index contributed by atoms with van der Waals surface area (Å²) in [6.45, 7) is 3.27. The number of ether oxygens (including phenoxy) is 2. The van der Waals surface area contributed by atoms with E-state index in [1.165, 1.54) is 6.08 Å². The second-order valence-corrected chi connectivity index (χ2v) is 4.59. The molecule has 0 saturated heterocycles. The average Bonchev–Trinajstić information content (AvgIpc) is 2.42. The number of aliphatic carboxylic acids is 1. The molecule has 1 N–H and O–H groups in total.